The zero-order valence-electron chi connectivity index (χ0n) is 44.2. The van der Waals surface area contributed by atoms with Gasteiger partial charge in [-0.05, 0) is 59.6 Å². The summed E-state index contributed by atoms with van der Waals surface area (Å²) >= 11 is 0. The fourth-order valence-corrected chi connectivity index (χ4v) is 8.22. The zero-order chi connectivity index (χ0) is 55.1. The van der Waals surface area contributed by atoms with Crippen LogP contribution in [0, 0.1) is 17.8 Å². The molecule has 0 fully saturated rings. The molecule has 20 nitrogen and oxygen atoms in total. The number of carbonyl (C=O) groups excluding carboxylic acids is 8. The summed E-state index contributed by atoms with van der Waals surface area (Å²) in [5.74, 6) is -6.79. The van der Waals surface area contributed by atoms with E-state index in [1.807, 2.05) is 0 Å². The van der Waals surface area contributed by atoms with Crippen molar-refractivity contribution < 1.29 is 63.5 Å². The number of nitrogens with zero attached hydrogens (tertiary/aromatic N) is 1. The highest BCUT2D eigenvalue weighted by atomic mass is 16.5. The van der Waals surface area contributed by atoms with Crippen LogP contribution in [0.4, 0.5) is 0 Å². The van der Waals surface area contributed by atoms with Gasteiger partial charge in [0.05, 0.1) is 31.2 Å². The highest BCUT2D eigenvalue weighted by molar-refractivity contribution is 5.95. The van der Waals surface area contributed by atoms with Gasteiger partial charge in [-0.15, -0.1) is 0 Å². The Morgan fingerprint density at radius 3 is 1.86 bits per heavy atom. The van der Waals surface area contributed by atoms with Crippen LogP contribution in [0.5, 0.6) is 11.5 Å². The van der Waals surface area contributed by atoms with E-state index >= 15 is 0 Å². The number of cyclic esters (lactones) is 1. The van der Waals surface area contributed by atoms with E-state index in [2.05, 4.69) is 38.8 Å². The third-order valence-electron chi connectivity index (χ3n) is 12.8. The van der Waals surface area contributed by atoms with Crippen LogP contribution in [-0.2, 0) is 55.9 Å². The van der Waals surface area contributed by atoms with Gasteiger partial charge in [-0.1, -0.05) is 117 Å². The highest BCUT2D eigenvalue weighted by Gasteiger charge is 2.37. The maximum atomic E-state index is 13.9. The van der Waals surface area contributed by atoms with Crippen LogP contribution in [0.25, 0.3) is 0 Å². The number of aliphatic hydroxyl groups excluding tert-OH is 2. The number of aromatic hydroxyl groups is 2. The molecule has 0 radical (unpaired) electrons. The van der Waals surface area contributed by atoms with Crippen molar-refractivity contribution in [2.45, 2.75) is 167 Å². The molecule has 10 N–H and O–H groups in total. The Balaban J connectivity index is 1.71. The molecule has 3 rings (SSSR count). The molecule has 20 heteroatoms. The van der Waals surface area contributed by atoms with Crippen LogP contribution in [0.3, 0.4) is 0 Å². The molecular weight excluding hydrogens is 955 g/mol. The Morgan fingerprint density at radius 2 is 1.30 bits per heavy atom. The van der Waals surface area contributed by atoms with Crippen LogP contribution >= 0.6 is 0 Å². The van der Waals surface area contributed by atoms with Crippen LogP contribution in [-0.4, -0.2) is 141 Å². The van der Waals surface area contributed by atoms with Crippen molar-refractivity contribution >= 4 is 47.3 Å². The maximum absolute atomic E-state index is 13.9. The largest absolute Gasteiger partial charge is 0.508 e. The lowest BCUT2D eigenvalue weighted by Crippen LogP contribution is -2.59. The molecule has 7 amide bonds. The molecule has 1 aliphatic heterocycles. The number of phenolic OH excluding ortho intramolecular Hbond substituents is 2. The van der Waals surface area contributed by atoms with Crippen molar-refractivity contribution in [3.8, 4) is 11.5 Å². The van der Waals surface area contributed by atoms with Crippen molar-refractivity contribution in [2.75, 3.05) is 20.3 Å². The lowest BCUT2D eigenvalue weighted by atomic mass is 9.99. The first-order valence-electron chi connectivity index (χ1n) is 25.8. The number of ether oxygens (including phenoxy) is 1. The molecule has 0 bridgehead atoms. The van der Waals surface area contributed by atoms with Crippen molar-refractivity contribution in [3.05, 3.63) is 71.8 Å². The lowest BCUT2D eigenvalue weighted by Gasteiger charge is -2.32. The fraction of sp³-hybridized carbons (Fsp3) is 0.593. The molecular formula is C54H81N7O13. The first kappa shape index (κ1) is 61.8. The molecule has 410 valence electrons. The van der Waals surface area contributed by atoms with Crippen LogP contribution in [0.2, 0.25) is 0 Å². The minimum Gasteiger partial charge on any atom is -0.508 e. The average Bonchev–Trinajstić information content (AvgIpc) is 3.35. The number of amides is 7. The second kappa shape index (κ2) is 31.3. The van der Waals surface area contributed by atoms with Crippen molar-refractivity contribution in [2.24, 2.45) is 17.8 Å². The fourth-order valence-electron chi connectivity index (χ4n) is 8.22. The molecule has 0 aliphatic carbocycles. The molecule has 0 aromatic heterocycles. The summed E-state index contributed by atoms with van der Waals surface area (Å²) in [6.45, 7) is 10.9. The highest BCUT2D eigenvalue weighted by Crippen LogP contribution is 2.19. The van der Waals surface area contributed by atoms with Gasteiger partial charge in [0.15, 0.2) is 0 Å². The number of unbranched alkanes of at least 4 members (excludes halogenated alkanes) is 6. The number of carbonyl (C=O) groups is 8. The number of likely N-dealkylation sites (N-methyl/N-ethyl adjacent to an activating group) is 1. The van der Waals surface area contributed by atoms with E-state index in [9.17, 15) is 58.8 Å². The van der Waals surface area contributed by atoms with Gasteiger partial charge in [0.25, 0.3) is 0 Å². The number of hydrogen-bond donors (Lipinski definition) is 10. The molecule has 74 heavy (non-hydrogen) atoms. The van der Waals surface area contributed by atoms with E-state index in [-0.39, 0.29) is 42.6 Å². The quantitative estimate of drug-likeness (QED) is 0.0455. The first-order chi connectivity index (χ1) is 35.0. The van der Waals surface area contributed by atoms with Gasteiger partial charge >= 0.3 is 5.97 Å². The number of benzene rings is 2. The second-order valence-corrected chi connectivity index (χ2v) is 20.1. The third kappa shape index (κ3) is 20.8. The number of aliphatic hydroxyl groups is 2. The summed E-state index contributed by atoms with van der Waals surface area (Å²) in [6.07, 6.45) is 7.30. The predicted octanol–water partition coefficient (Wildman–Crippen LogP) is 2.58. The Bertz CT molecular complexity index is 2180. The van der Waals surface area contributed by atoms with Crippen molar-refractivity contribution in [3.63, 3.8) is 0 Å². The van der Waals surface area contributed by atoms with Gasteiger partial charge < -0.3 is 62.0 Å². The normalized spacial score (nSPS) is 18.5. The average molecular weight is 1040 g/mol. The van der Waals surface area contributed by atoms with Crippen LogP contribution in [0.1, 0.15) is 117 Å². The number of hydrogen-bond acceptors (Lipinski definition) is 13. The number of esters is 1. The van der Waals surface area contributed by atoms with Gasteiger partial charge in [0, 0.05) is 32.4 Å². The Labute approximate surface area is 435 Å². The van der Waals surface area contributed by atoms with E-state index in [4.69, 9.17) is 4.74 Å². The van der Waals surface area contributed by atoms with E-state index < -0.39 is 121 Å². The van der Waals surface area contributed by atoms with Gasteiger partial charge in [-0.25, -0.2) is 4.79 Å². The van der Waals surface area contributed by atoms with Crippen LogP contribution in [0.15, 0.2) is 60.7 Å². The van der Waals surface area contributed by atoms with E-state index in [0.29, 0.717) is 17.5 Å². The zero-order valence-corrected chi connectivity index (χ0v) is 44.2. The minimum absolute atomic E-state index is 0.000221. The van der Waals surface area contributed by atoms with Crippen LogP contribution < -0.4 is 31.9 Å². The molecule has 8 atom stereocenters. The SMILES string of the molecule is CCCCCCCCCC(=O)NC(Cc1ccc(O)cc1)C(=O)NC(C(=O)NC(CO)C(O)CC(=O)NC(C(=O)NC1C=CC(=O)NC(C(C)C)C(=O)N(C)C(Cc2ccc(O)cc2)C(=O)OC1)C(C)C)C(C)C. The number of nitrogens with one attached hydrogen (secondary N) is 6. The Hall–Kier alpha value is -6.54. The molecule has 0 saturated heterocycles. The molecule has 1 aliphatic rings. The number of rotatable bonds is 27. The summed E-state index contributed by atoms with van der Waals surface area (Å²) in [6, 6.07) is 3.96. The Morgan fingerprint density at radius 1 is 0.730 bits per heavy atom. The summed E-state index contributed by atoms with van der Waals surface area (Å²) in [5.41, 5.74) is 1.24. The van der Waals surface area contributed by atoms with E-state index in [1.165, 1.54) is 42.3 Å². The number of phenols is 2. The van der Waals surface area contributed by atoms with E-state index in [1.54, 1.807) is 65.8 Å². The predicted molar refractivity (Wildman–Crippen MR) is 277 cm³/mol. The molecule has 0 spiro atoms. The standard InChI is InChI=1S/C54H81N7O13/c1-9-10-11-12-13-14-15-16-44(66)56-40(27-35-17-22-38(63)23-18-35)50(69)60-48(33(4)5)52(71)57-41(30-62)43(65)29-46(68)59-47(32(2)3)51(70)55-37-21-26-45(67)58-49(34(6)7)53(72)61(8)42(54(73)74-31-37)28-36-19-24-39(64)25-20-36/h17-26,32-34,37,40-43,47-49,62-65H,9-16,27-31H2,1-8H3,(H,55,70)(H,56,66)(H,57,71)(H,58,67)(H,59,68)(H,60,69). The lowest BCUT2D eigenvalue weighted by molar-refractivity contribution is -0.156. The van der Waals surface area contributed by atoms with Gasteiger partial charge in [-0.3, -0.25) is 33.6 Å². The summed E-state index contributed by atoms with van der Waals surface area (Å²) in [5, 5.41) is 57.1. The molecule has 1 heterocycles. The molecule has 8 unspecified atom stereocenters. The second-order valence-electron chi connectivity index (χ2n) is 20.1. The smallest absolute Gasteiger partial charge is 0.329 e. The summed E-state index contributed by atoms with van der Waals surface area (Å²) in [4.78, 5) is 110. The molecule has 2 aromatic rings. The van der Waals surface area contributed by atoms with Gasteiger partial charge in [0.1, 0.15) is 48.3 Å². The van der Waals surface area contributed by atoms with Gasteiger partial charge in [0.2, 0.25) is 41.4 Å². The van der Waals surface area contributed by atoms with Crippen molar-refractivity contribution in [1.29, 1.82) is 0 Å². The van der Waals surface area contributed by atoms with Gasteiger partial charge in [-0.2, -0.15) is 0 Å². The maximum Gasteiger partial charge on any atom is 0.329 e. The topological polar surface area (TPSA) is 302 Å². The van der Waals surface area contributed by atoms with Crippen molar-refractivity contribution in [1.82, 2.24) is 36.8 Å². The molecule has 2 aromatic carbocycles. The van der Waals surface area contributed by atoms with E-state index in [0.717, 1.165) is 44.6 Å². The third-order valence-corrected chi connectivity index (χ3v) is 12.8. The Kier molecular flexibility index (Phi) is 26.1. The first-order valence-corrected chi connectivity index (χ1v) is 25.8. The summed E-state index contributed by atoms with van der Waals surface area (Å²) in [7, 11) is 1.42. The molecule has 0 saturated carbocycles. The summed E-state index contributed by atoms with van der Waals surface area (Å²) < 4.78 is 5.66. The minimum atomic E-state index is -1.68. The monoisotopic (exact) mass is 1040 g/mol.